The maximum Gasteiger partial charge on any atom is 0.0437 e. The molecule has 22 heavy (non-hydrogen) atoms. The number of rotatable bonds is 11. The van der Waals surface area contributed by atoms with Gasteiger partial charge in [0.25, 0.3) is 0 Å². The number of hydrogen-bond donors (Lipinski definition) is 1. The van der Waals surface area contributed by atoms with E-state index in [2.05, 4.69) is 57.2 Å². The van der Waals surface area contributed by atoms with Crippen molar-refractivity contribution in [2.75, 3.05) is 12.4 Å². The lowest BCUT2D eigenvalue weighted by atomic mass is 9.84. The van der Waals surface area contributed by atoms with Crippen molar-refractivity contribution >= 4 is 11.8 Å². The first-order chi connectivity index (χ1) is 10.7. The Balaban J connectivity index is 2.64. The number of aliphatic hydroxyl groups excluding tert-OH is 1. The summed E-state index contributed by atoms with van der Waals surface area (Å²) in [7, 11) is 0. The molecule has 0 radical (unpaired) electrons. The Kier molecular flexibility index (Phi) is 10.3. The highest BCUT2D eigenvalue weighted by Crippen LogP contribution is 2.37. The van der Waals surface area contributed by atoms with Crippen LogP contribution in [0.4, 0.5) is 0 Å². The normalized spacial score (nSPS) is 14.8. The fourth-order valence-corrected chi connectivity index (χ4v) is 4.12. The third kappa shape index (κ3) is 6.58. The average Bonchev–Trinajstić information content (AvgIpc) is 2.56. The molecule has 1 aromatic rings. The molecule has 0 aliphatic heterocycles. The number of hydrogen-bond acceptors (Lipinski definition) is 2. The van der Waals surface area contributed by atoms with E-state index in [9.17, 15) is 5.11 Å². The third-order valence-corrected chi connectivity index (χ3v) is 5.70. The minimum Gasteiger partial charge on any atom is -0.396 e. The minimum absolute atomic E-state index is 0.252. The molecular formula is C20H32OS. The van der Waals surface area contributed by atoms with E-state index in [1.54, 1.807) is 0 Å². The Bertz CT molecular complexity index is 413. The highest BCUT2D eigenvalue weighted by atomic mass is 32.2. The van der Waals surface area contributed by atoms with Crippen molar-refractivity contribution < 1.29 is 5.11 Å². The summed E-state index contributed by atoms with van der Waals surface area (Å²) in [5.74, 6) is 2.08. The Morgan fingerprint density at radius 3 is 2.50 bits per heavy atom. The van der Waals surface area contributed by atoms with Crippen LogP contribution in [-0.2, 0) is 0 Å². The maximum atomic E-state index is 9.45. The minimum atomic E-state index is 0.252. The van der Waals surface area contributed by atoms with Crippen molar-refractivity contribution in [3.63, 3.8) is 0 Å². The standard InChI is InChI=1S/C20H32OS/c1-4-6-7-11-16-22-20(5-2)17(3)19(14-15-21)18-12-9-8-10-13-18/h5,8-10,12-13,17,19,21H,4,6-7,11,14-16H2,1-3H3/b20-5-/t17-,19+/m1/s1. The monoisotopic (exact) mass is 320 g/mol. The van der Waals surface area contributed by atoms with E-state index in [0.29, 0.717) is 11.8 Å². The molecule has 1 rings (SSSR count). The van der Waals surface area contributed by atoms with Gasteiger partial charge in [-0.05, 0) is 47.8 Å². The van der Waals surface area contributed by atoms with Crippen LogP contribution in [0.15, 0.2) is 41.3 Å². The fourth-order valence-electron chi connectivity index (χ4n) is 2.94. The predicted molar refractivity (Wildman–Crippen MR) is 100 cm³/mol. The Morgan fingerprint density at radius 2 is 1.91 bits per heavy atom. The third-order valence-electron chi connectivity index (χ3n) is 4.27. The second-order valence-electron chi connectivity index (χ2n) is 5.92. The first kappa shape index (κ1) is 19.3. The summed E-state index contributed by atoms with van der Waals surface area (Å²) in [5, 5.41) is 9.45. The Labute approximate surface area is 141 Å². The van der Waals surface area contributed by atoms with Crippen LogP contribution in [0.5, 0.6) is 0 Å². The molecule has 0 spiro atoms. The molecular weight excluding hydrogens is 288 g/mol. The van der Waals surface area contributed by atoms with E-state index < -0.39 is 0 Å². The van der Waals surface area contributed by atoms with Gasteiger partial charge in [-0.1, -0.05) is 69.5 Å². The van der Waals surface area contributed by atoms with E-state index in [1.165, 1.54) is 41.9 Å². The second-order valence-corrected chi connectivity index (χ2v) is 7.09. The number of benzene rings is 1. The number of unbranched alkanes of at least 4 members (excludes halogenated alkanes) is 3. The summed E-state index contributed by atoms with van der Waals surface area (Å²) in [4.78, 5) is 1.47. The second kappa shape index (κ2) is 11.8. The summed E-state index contributed by atoms with van der Waals surface area (Å²) in [6.45, 7) is 6.96. The van der Waals surface area contributed by atoms with E-state index >= 15 is 0 Å². The molecule has 1 aromatic carbocycles. The molecule has 124 valence electrons. The summed E-state index contributed by atoms with van der Waals surface area (Å²) in [6.07, 6.45) is 8.39. The zero-order valence-electron chi connectivity index (χ0n) is 14.4. The van der Waals surface area contributed by atoms with Crippen molar-refractivity contribution in [2.45, 2.75) is 58.8 Å². The van der Waals surface area contributed by atoms with Gasteiger partial charge in [0.2, 0.25) is 0 Å². The lowest BCUT2D eigenvalue weighted by molar-refractivity contribution is 0.265. The molecule has 0 amide bonds. The lowest BCUT2D eigenvalue weighted by Crippen LogP contribution is -2.13. The van der Waals surface area contributed by atoms with Gasteiger partial charge in [-0.2, -0.15) is 0 Å². The van der Waals surface area contributed by atoms with Crippen LogP contribution in [0.3, 0.4) is 0 Å². The molecule has 2 heteroatoms. The van der Waals surface area contributed by atoms with Crippen molar-refractivity contribution in [1.29, 1.82) is 0 Å². The summed E-state index contributed by atoms with van der Waals surface area (Å²) >= 11 is 2.01. The van der Waals surface area contributed by atoms with Crippen molar-refractivity contribution in [2.24, 2.45) is 5.92 Å². The first-order valence-electron chi connectivity index (χ1n) is 8.69. The van der Waals surface area contributed by atoms with Gasteiger partial charge in [0, 0.05) is 6.61 Å². The molecule has 1 N–H and O–H groups in total. The van der Waals surface area contributed by atoms with Gasteiger partial charge in [-0.25, -0.2) is 0 Å². The summed E-state index contributed by atoms with van der Waals surface area (Å²) < 4.78 is 0. The van der Waals surface area contributed by atoms with Crippen LogP contribution in [0.1, 0.15) is 64.4 Å². The average molecular weight is 321 g/mol. The zero-order valence-corrected chi connectivity index (χ0v) is 15.2. The van der Waals surface area contributed by atoms with Crippen LogP contribution in [0.25, 0.3) is 0 Å². The first-order valence-corrected chi connectivity index (χ1v) is 9.67. The molecule has 0 aliphatic carbocycles. The molecule has 0 aromatic heterocycles. The molecule has 0 aliphatic rings. The molecule has 0 saturated carbocycles. The highest BCUT2D eigenvalue weighted by Gasteiger charge is 2.22. The van der Waals surface area contributed by atoms with Crippen molar-refractivity contribution in [3.05, 3.63) is 46.9 Å². The summed E-state index contributed by atoms with van der Waals surface area (Å²) in [6, 6.07) is 10.6. The number of thioether (sulfide) groups is 1. The van der Waals surface area contributed by atoms with E-state index in [1.807, 2.05) is 11.8 Å². The molecule has 0 saturated heterocycles. The summed E-state index contributed by atoms with van der Waals surface area (Å²) in [5.41, 5.74) is 1.34. The van der Waals surface area contributed by atoms with Crippen molar-refractivity contribution in [1.82, 2.24) is 0 Å². The molecule has 0 bridgehead atoms. The zero-order chi connectivity index (χ0) is 16.2. The van der Waals surface area contributed by atoms with Crippen LogP contribution >= 0.6 is 11.8 Å². The van der Waals surface area contributed by atoms with Gasteiger partial charge < -0.3 is 5.11 Å². The largest absolute Gasteiger partial charge is 0.396 e. The molecule has 0 heterocycles. The Morgan fingerprint density at radius 1 is 1.18 bits per heavy atom. The number of aliphatic hydroxyl groups is 1. The molecule has 2 atom stereocenters. The topological polar surface area (TPSA) is 20.2 Å². The van der Waals surface area contributed by atoms with Crippen LogP contribution in [0, 0.1) is 5.92 Å². The molecule has 1 nitrogen and oxygen atoms in total. The quantitative estimate of drug-likeness (QED) is 0.504. The van der Waals surface area contributed by atoms with Crippen molar-refractivity contribution in [3.8, 4) is 0 Å². The molecule has 0 fully saturated rings. The Hall–Kier alpha value is -0.730. The maximum absolute atomic E-state index is 9.45. The van der Waals surface area contributed by atoms with Gasteiger partial charge in [0.15, 0.2) is 0 Å². The van der Waals surface area contributed by atoms with Gasteiger partial charge in [0.05, 0.1) is 0 Å². The smallest absolute Gasteiger partial charge is 0.0437 e. The van der Waals surface area contributed by atoms with Gasteiger partial charge in [0.1, 0.15) is 0 Å². The van der Waals surface area contributed by atoms with E-state index in [0.717, 1.165) is 6.42 Å². The SMILES string of the molecule is C/C=C(\SCCCCCC)[C@H](C)[C@H](CCO)c1ccccc1. The highest BCUT2D eigenvalue weighted by molar-refractivity contribution is 8.03. The van der Waals surface area contributed by atoms with Gasteiger partial charge in [-0.3, -0.25) is 0 Å². The van der Waals surface area contributed by atoms with Crippen LogP contribution < -0.4 is 0 Å². The van der Waals surface area contributed by atoms with Gasteiger partial charge in [-0.15, -0.1) is 11.8 Å². The van der Waals surface area contributed by atoms with Crippen LogP contribution in [-0.4, -0.2) is 17.5 Å². The van der Waals surface area contributed by atoms with E-state index in [4.69, 9.17) is 0 Å². The fraction of sp³-hybridized carbons (Fsp3) is 0.600. The van der Waals surface area contributed by atoms with Crippen LogP contribution in [0.2, 0.25) is 0 Å². The lowest BCUT2D eigenvalue weighted by Gasteiger charge is -2.26. The number of allylic oxidation sites excluding steroid dienone is 2. The predicted octanol–water partition coefficient (Wildman–Crippen LogP) is 6.01. The molecule has 0 unspecified atom stereocenters. The van der Waals surface area contributed by atoms with E-state index in [-0.39, 0.29) is 6.61 Å². The van der Waals surface area contributed by atoms with Gasteiger partial charge >= 0.3 is 0 Å².